The number of likely N-dealkylation sites (N-methyl/N-ethyl adjacent to an activating group) is 1. The van der Waals surface area contributed by atoms with Crippen molar-refractivity contribution in [2.75, 3.05) is 6.54 Å². The van der Waals surface area contributed by atoms with Gasteiger partial charge in [-0.2, -0.15) is 0 Å². The second kappa shape index (κ2) is 4.67. The van der Waals surface area contributed by atoms with Crippen LogP contribution in [0.3, 0.4) is 0 Å². The minimum absolute atomic E-state index is 0.0600. The number of rotatable bonds is 3. The standard InChI is InChI=1S/C11H14N4OS/c1-3-12-10(16)7(2)15-9-8(14-11(15)17)5-4-6-13-9/h4-7H,3H2,1-2H3,(H,12,16)(H,14,17). The average molecular weight is 250 g/mol. The van der Waals surface area contributed by atoms with Gasteiger partial charge in [0.1, 0.15) is 6.04 Å². The second-order valence-electron chi connectivity index (χ2n) is 3.75. The lowest BCUT2D eigenvalue weighted by Crippen LogP contribution is -2.30. The van der Waals surface area contributed by atoms with Gasteiger partial charge in [-0.25, -0.2) is 4.98 Å². The number of nitrogens with one attached hydrogen (secondary N) is 2. The summed E-state index contributed by atoms with van der Waals surface area (Å²) in [6, 6.07) is 3.35. The predicted octanol–water partition coefficient (Wildman–Crippen LogP) is 1.79. The number of amides is 1. The second-order valence-corrected chi connectivity index (χ2v) is 4.13. The lowest BCUT2D eigenvalue weighted by molar-refractivity contribution is -0.123. The Morgan fingerprint density at radius 1 is 1.71 bits per heavy atom. The van der Waals surface area contributed by atoms with Crippen molar-refractivity contribution in [3.8, 4) is 0 Å². The molecule has 2 N–H and O–H groups in total. The van der Waals surface area contributed by atoms with E-state index in [9.17, 15) is 4.79 Å². The Kier molecular flexibility index (Phi) is 3.23. The predicted molar refractivity (Wildman–Crippen MR) is 68.3 cm³/mol. The largest absolute Gasteiger partial charge is 0.355 e. The van der Waals surface area contributed by atoms with Crippen LogP contribution >= 0.6 is 12.2 Å². The highest BCUT2D eigenvalue weighted by atomic mass is 32.1. The van der Waals surface area contributed by atoms with Crippen molar-refractivity contribution < 1.29 is 4.79 Å². The Labute approximate surface area is 104 Å². The highest BCUT2D eigenvalue weighted by molar-refractivity contribution is 7.71. The van der Waals surface area contributed by atoms with Crippen LogP contribution < -0.4 is 5.32 Å². The van der Waals surface area contributed by atoms with Gasteiger partial charge in [0, 0.05) is 12.7 Å². The Bertz CT molecular complexity index is 601. The molecular formula is C11H14N4OS. The lowest BCUT2D eigenvalue weighted by atomic mass is 10.3. The van der Waals surface area contributed by atoms with Crippen LogP contribution in [0.25, 0.3) is 11.2 Å². The van der Waals surface area contributed by atoms with E-state index >= 15 is 0 Å². The number of fused-ring (bicyclic) bond motifs is 1. The van der Waals surface area contributed by atoms with Gasteiger partial charge >= 0.3 is 0 Å². The molecule has 90 valence electrons. The van der Waals surface area contributed by atoms with Crippen LogP contribution in [0.1, 0.15) is 19.9 Å². The molecule has 0 aliphatic heterocycles. The maximum atomic E-state index is 11.8. The molecule has 1 unspecified atom stereocenters. The molecule has 2 heterocycles. The van der Waals surface area contributed by atoms with Crippen LogP contribution in [-0.2, 0) is 4.79 Å². The van der Waals surface area contributed by atoms with E-state index in [0.29, 0.717) is 17.0 Å². The summed E-state index contributed by atoms with van der Waals surface area (Å²) in [5, 5.41) is 2.78. The first-order valence-electron chi connectivity index (χ1n) is 5.48. The van der Waals surface area contributed by atoms with E-state index in [-0.39, 0.29) is 11.9 Å². The van der Waals surface area contributed by atoms with E-state index < -0.39 is 0 Å². The van der Waals surface area contributed by atoms with E-state index in [4.69, 9.17) is 12.2 Å². The van der Waals surface area contributed by atoms with E-state index in [0.717, 1.165) is 5.52 Å². The first kappa shape index (κ1) is 11.8. The van der Waals surface area contributed by atoms with Gasteiger partial charge in [-0.15, -0.1) is 0 Å². The lowest BCUT2D eigenvalue weighted by Gasteiger charge is -2.13. The molecule has 2 rings (SSSR count). The van der Waals surface area contributed by atoms with Crippen LogP contribution in [0.5, 0.6) is 0 Å². The van der Waals surface area contributed by atoms with Crippen molar-refractivity contribution in [1.29, 1.82) is 0 Å². The smallest absolute Gasteiger partial charge is 0.242 e. The van der Waals surface area contributed by atoms with Crippen LogP contribution in [0, 0.1) is 4.77 Å². The number of H-pyrrole nitrogens is 1. The number of nitrogens with zero attached hydrogens (tertiary/aromatic N) is 2. The summed E-state index contributed by atoms with van der Waals surface area (Å²) in [5.41, 5.74) is 1.55. The first-order valence-corrected chi connectivity index (χ1v) is 5.89. The maximum Gasteiger partial charge on any atom is 0.242 e. The molecule has 17 heavy (non-hydrogen) atoms. The van der Waals surface area contributed by atoms with Gasteiger partial charge in [-0.3, -0.25) is 9.36 Å². The number of pyridine rings is 1. The number of carbonyl (C=O) groups is 1. The van der Waals surface area contributed by atoms with E-state index in [2.05, 4.69) is 15.3 Å². The molecule has 0 saturated carbocycles. The Balaban J connectivity index is 2.51. The average Bonchev–Trinajstić information content (AvgIpc) is 2.64. The third-order valence-electron chi connectivity index (χ3n) is 2.59. The zero-order valence-corrected chi connectivity index (χ0v) is 10.5. The molecule has 0 aromatic carbocycles. The quantitative estimate of drug-likeness (QED) is 0.816. The van der Waals surface area contributed by atoms with Crippen molar-refractivity contribution in [2.45, 2.75) is 19.9 Å². The molecule has 1 atom stereocenters. The zero-order chi connectivity index (χ0) is 12.4. The minimum Gasteiger partial charge on any atom is -0.355 e. The normalized spacial score (nSPS) is 12.6. The first-order chi connectivity index (χ1) is 8.15. The molecule has 2 aromatic heterocycles. The fourth-order valence-corrected chi connectivity index (χ4v) is 2.11. The fourth-order valence-electron chi connectivity index (χ4n) is 1.76. The molecular weight excluding hydrogens is 236 g/mol. The number of carbonyl (C=O) groups excluding carboxylic acids is 1. The van der Waals surface area contributed by atoms with Crippen molar-refractivity contribution in [3.05, 3.63) is 23.1 Å². The third-order valence-corrected chi connectivity index (χ3v) is 2.89. The van der Waals surface area contributed by atoms with Gasteiger partial charge < -0.3 is 10.3 Å². The van der Waals surface area contributed by atoms with Gasteiger partial charge in [0.15, 0.2) is 10.4 Å². The molecule has 0 fully saturated rings. The Hall–Kier alpha value is -1.69. The molecule has 0 aliphatic rings. The zero-order valence-electron chi connectivity index (χ0n) is 9.73. The van der Waals surface area contributed by atoms with Crippen molar-refractivity contribution in [1.82, 2.24) is 19.9 Å². The molecule has 0 bridgehead atoms. The molecule has 0 radical (unpaired) electrons. The number of hydrogen-bond acceptors (Lipinski definition) is 3. The Morgan fingerprint density at radius 3 is 3.18 bits per heavy atom. The van der Waals surface area contributed by atoms with Crippen LogP contribution in [0.2, 0.25) is 0 Å². The Morgan fingerprint density at radius 2 is 2.47 bits per heavy atom. The summed E-state index contributed by atoms with van der Waals surface area (Å²) < 4.78 is 2.24. The highest BCUT2D eigenvalue weighted by Gasteiger charge is 2.18. The maximum absolute atomic E-state index is 11.8. The molecule has 6 heteroatoms. The van der Waals surface area contributed by atoms with Gasteiger partial charge in [-0.1, -0.05) is 0 Å². The number of hydrogen-bond donors (Lipinski definition) is 2. The summed E-state index contributed by atoms with van der Waals surface area (Å²) >= 11 is 5.22. The number of aromatic nitrogens is 3. The monoisotopic (exact) mass is 250 g/mol. The minimum atomic E-state index is -0.369. The van der Waals surface area contributed by atoms with Gasteiger partial charge in [0.25, 0.3) is 0 Å². The molecule has 0 aliphatic carbocycles. The highest BCUT2D eigenvalue weighted by Crippen LogP contribution is 2.16. The third kappa shape index (κ3) is 2.08. The molecule has 0 saturated heterocycles. The number of aromatic amines is 1. The summed E-state index contributed by atoms with van der Waals surface area (Å²) in [5.74, 6) is -0.0600. The van der Waals surface area contributed by atoms with Crippen molar-refractivity contribution >= 4 is 29.3 Å². The van der Waals surface area contributed by atoms with E-state index in [1.165, 1.54) is 0 Å². The summed E-state index contributed by atoms with van der Waals surface area (Å²) in [7, 11) is 0. The van der Waals surface area contributed by atoms with Gasteiger partial charge in [0.05, 0.1) is 5.52 Å². The van der Waals surface area contributed by atoms with E-state index in [1.807, 2.05) is 26.0 Å². The van der Waals surface area contributed by atoms with Crippen LogP contribution in [0.4, 0.5) is 0 Å². The van der Waals surface area contributed by atoms with E-state index in [1.54, 1.807) is 10.8 Å². The number of imidazole rings is 1. The van der Waals surface area contributed by atoms with Gasteiger partial charge in [-0.05, 0) is 38.2 Å². The van der Waals surface area contributed by atoms with Crippen LogP contribution in [-0.4, -0.2) is 27.0 Å². The summed E-state index contributed by atoms with van der Waals surface area (Å²) in [6.07, 6.45) is 1.69. The van der Waals surface area contributed by atoms with Crippen LogP contribution in [0.15, 0.2) is 18.3 Å². The van der Waals surface area contributed by atoms with Gasteiger partial charge in [0.2, 0.25) is 5.91 Å². The molecule has 5 nitrogen and oxygen atoms in total. The SMILES string of the molecule is CCNC(=O)C(C)n1c(=S)[nH]c2cccnc21. The molecule has 2 aromatic rings. The fraction of sp³-hybridized carbons (Fsp3) is 0.364. The summed E-state index contributed by atoms with van der Waals surface area (Å²) in [4.78, 5) is 19.1. The molecule has 0 spiro atoms. The summed E-state index contributed by atoms with van der Waals surface area (Å²) in [6.45, 7) is 4.30. The topological polar surface area (TPSA) is 62.7 Å². The van der Waals surface area contributed by atoms with Crippen molar-refractivity contribution in [2.24, 2.45) is 0 Å². The van der Waals surface area contributed by atoms with Crippen molar-refractivity contribution in [3.63, 3.8) is 0 Å². The molecule has 1 amide bonds.